The number of nitrogens with zero attached hydrogens (tertiary/aromatic N) is 5. The van der Waals surface area contributed by atoms with Gasteiger partial charge in [-0.1, -0.05) is 41.4 Å². The standard InChI is InChI=1S/C22H22Cl2N6O/c1-13-17(12-29(3)27-13)19-11-16(15-7-4-5-8-18(15)26-19)22(31)25-9-6-10-30-21(24)20(23)14(2)28-30/h4-5,7-8,11-12H,6,9-10H2,1-3H3,(H,25,31). The lowest BCUT2D eigenvalue weighted by atomic mass is 10.0. The largest absolute Gasteiger partial charge is 0.352 e. The molecule has 0 spiro atoms. The van der Waals surface area contributed by atoms with E-state index in [-0.39, 0.29) is 5.91 Å². The zero-order valence-corrected chi connectivity index (χ0v) is 19.0. The average molecular weight is 457 g/mol. The third-order valence-corrected chi connectivity index (χ3v) is 6.01. The van der Waals surface area contributed by atoms with Crippen molar-refractivity contribution < 1.29 is 4.79 Å². The molecule has 0 aliphatic carbocycles. The van der Waals surface area contributed by atoms with Crippen molar-refractivity contribution in [3.63, 3.8) is 0 Å². The number of rotatable bonds is 6. The maximum absolute atomic E-state index is 13.0. The first-order chi connectivity index (χ1) is 14.8. The molecular weight excluding hydrogens is 435 g/mol. The Balaban J connectivity index is 1.54. The fraction of sp³-hybridized carbons (Fsp3) is 0.273. The Morgan fingerprint density at radius 1 is 1.13 bits per heavy atom. The lowest BCUT2D eigenvalue weighted by molar-refractivity contribution is 0.0954. The third kappa shape index (κ3) is 4.29. The van der Waals surface area contributed by atoms with Crippen molar-refractivity contribution in [3.8, 4) is 11.3 Å². The molecule has 0 aliphatic heterocycles. The van der Waals surface area contributed by atoms with E-state index in [1.54, 1.807) is 9.36 Å². The van der Waals surface area contributed by atoms with Gasteiger partial charge in [-0.15, -0.1) is 0 Å². The Morgan fingerprint density at radius 2 is 1.90 bits per heavy atom. The number of fused-ring (bicyclic) bond motifs is 1. The van der Waals surface area contributed by atoms with Crippen LogP contribution >= 0.6 is 23.2 Å². The van der Waals surface area contributed by atoms with Crippen molar-refractivity contribution in [3.05, 3.63) is 63.7 Å². The molecule has 3 aromatic heterocycles. The van der Waals surface area contributed by atoms with E-state index < -0.39 is 0 Å². The van der Waals surface area contributed by atoms with Crippen molar-refractivity contribution in [2.24, 2.45) is 7.05 Å². The monoisotopic (exact) mass is 456 g/mol. The minimum Gasteiger partial charge on any atom is -0.352 e. The quantitative estimate of drug-likeness (QED) is 0.430. The number of carbonyl (C=O) groups is 1. The highest BCUT2D eigenvalue weighted by atomic mass is 35.5. The summed E-state index contributed by atoms with van der Waals surface area (Å²) in [5, 5.41) is 13.4. The molecule has 3 heterocycles. The summed E-state index contributed by atoms with van der Waals surface area (Å²) in [6, 6.07) is 9.47. The first kappa shape index (κ1) is 21.3. The number of pyridine rings is 1. The lowest BCUT2D eigenvalue weighted by Crippen LogP contribution is -2.25. The highest BCUT2D eigenvalue weighted by molar-refractivity contribution is 6.41. The van der Waals surface area contributed by atoms with E-state index in [0.29, 0.717) is 40.9 Å². The smallest absolute Gasteiger partial charge is 0.252 e. The van der Waals surface area contributed by atoms with Crippen molar-refractivity contribution in [1.82, 2.24) is 29.9 Å². The van der Waals surface area contributed by atoms with Gasteiger partial charge in [0.2, 0.25) is 0 Å². The van der Waals surface area contributed by atoms with Gasteiger partial charge >= 0.3 is 0 Å². The van der Waals surface area contributed by atoms with E-state index in [0.717, 1.165) is 27.9 Å². The van der Waals surface area contributed by atoms with Crippen LogP contribution in [0.4, 0.5) is 0 Å². The van der Waals surface area contributed by atoms with Crippen molar-refractivity contribution >= 4 is 40.0 Å². The molecule has 4 rings (SSSR count). The van der Waals surface area contributed by atoms with Gasteiger partial charge in [-0.3, -0.25) is 14.2 Å². The van der Waals surface area contributed by atoms with E-state index in [2.05, 4.69) is 15.5 Å². The minimum absolute atomic E-state index is 0.151. The zero-order valence-electron chi connectivity index (χ0n) is 17.5. The van der Waals surface area contributed by atoms with Crippen molar-refractivity contribution in [1.29, 1.82) is 0 Å². The Labute approximate surface area is 190 Å². The van der Waals surface area contributed by atoms with Gasteiger partial charge in [0.1, 0.15) is 10.2 Å². The van der Waals surface area contributed by atoms with Crippen LogP contribution in [0.3, 0.4) is 0 Å². The molecule has 0 atom stereocenters. The van der Waals surface area contributed by atoms with E-state index >= 15 is 0 Å². The van der Waals surface area contributed by atoms with Gasteiger partial charge in [0.25, 0.3) is 5.91 Å². The van der Waals surface area contributed by atoms with Gasteiger partial charge in [0.05, 0.1) is 28.2 Å². The predicted octanol–water partition coefficient (Wildman–Crippen LogP) is 4.58. The Bertz CT molecular complexity index is 1280. The number of benzene rings is 1. The number of aromatic nitrogens is 5. The molecule has 0 saturated heterocycles. The summed E-state index contributed by atoms with van der Waals surface area (Å²) in [5.74, 6) is -0.151. The molecule has 4 aromatic rings. The summed E-state index contributed by atoms with van der Waals surface area (Å²) in [6.07, 6.45) is 2.58. The summed E-state index contributed by atoms with van der Waals surface area (Å²) in [7, 11) is 1.87. The van der Waals surface area contributed by atoms with Crippen LogP contribution < -0.4 is 5.32 Å². The number of para-hydroxylation sites is 1. The Kier molecular flexibility index (Phi) is 5.98. The molecule has 1 N–H and O–H groups in total. The summed E-state index contributed by atoms with van der Waals surface area (Å²) in [6.45, 7) is 4.77. The van der Waals surface area contributed by atoms with E-state index in [1.165, 1.54) is 0 Å². The second-order valence-corrected chi connectivity index (χ2v) is 8.13. The van der Waals surface area contributed by atoms with Crippen LogP contribution in [-0.2, 0) is 13.6 Å². The van der Waals surface area contributed by atoms with Crippen LogP contribution in [0.5, 0.6) is 0 Å². The molecular formula is C22H22Cl2N6O. The molecule has 0 fully saturated rings. The number of hydrogen-bond acceptors (Lipinski definition) is 4. The average Bonchev–Trinajstić information content (AvgIpc) is 3.22. The van der Waals surface area contributed by atoms with Crippen LogP contribution in [0.2, 0.25) is 10.2 Å². The molecule has 0 aliphatic rings. The SMILES string of the molecule is Cc1nn(C)cc1-c1cc(C(=O)NCCCn2nc(C)c(Cl)c2Cl)c2ccccc2n1. The van der Waals surface area contributed by atoms with Crippen molar-refractivity contribution in [2.75, 3.05) is 6.54 Å². The van der Waals surface area contributed by atoms with Gasteiger partial charge in [0, 0.05) is 37.3 Å². The van der Waals surface area contributed by atoms with Crippen LogP contribution in [0.1, 0.15) is 28.2 Å². The summed E-state index contributed by atoms with van der Waals surface area (Å²) >= 11 is 12.3. The Hall–Kier alpha value is -2.90. The summed E-state index contributed by atoms with van der Waals surface area (Å²) in [5.41, 5.74) is 4.53. The normalized spacial score (nSPS) is 11.3. The molecule has 1 amide bonds. The minimum atomic E-state index is -0.151. The highest BCUT2D eigenvalue weighted by Gasteiger charge is 2.16. The maximum Gasteiger partial charge on any atom is 0.252 e. The zero-order chi connectivity index (χ0) is 22.1. The topological polar surface area (TPSA) is 77.6 Å². The number of nitrogens with one attached hydrogen (secondary N) is 1. The molecule has 31 heavy (non-hydrogen) atoms. The van der Waals surface area contributed by atoms with Crippen molar-refractivity contribution in [2.45, 2.75) is 26.8 Å². The number of halogens is 2. The second-order valence-electron chi connectivity index (χ2n) is 7.40. The van der Waals surface area contributed by atoms with Gasteiger partial charge in [-0.2, -0.15) is 10.2 Å². The van der Waals surface area contributed by atoms with Crippen LogP contribution in [0, 0.1) is 13.8 Å². The maximum atomic E-state index is 13.0. The van der Waals surface area contributed by atoms with Crippen LogP contribution in [-0.4, -0.2) is 37.0 Å². The first-order valence-corrected chi connectivity index (χ1v) is 10.7. The van der Waals surface area contributed by atoms with Crippen LogP contribution in [0.15, 0.2) is 36.5 Å². The van der Waals surface area contributed by atoms with E-state index in [4.69, 9.17) is 28.2 Å². The molecule has 0 unspecified atom stereocenters. The third-order valence-electron chi connectivity index (χ3n) is 5.08. The van der Waals surface area contributed by atoms with E-state index in [1.807, 2.05) is 57.4 Å². The number of carbonyl (C=O) groups excluding carboxylic acids is 1. The molecule has 9 heteroatoms. The van der Waals surface area contributed by atoms with Gasteiger partial charge < -0.3 is 5.32 Å². The molecule has 1 aromatic carbocycles. The van der Waals surface area contributed by atoms with Gasteiger partial charge in [-0.05, 0) is 32.4 Å². The number of aryl methyl sites for hydroxylation is 4. The van der Waals surface area contributed by atoms with E-state index in [9.17, 15) is 4.79 Å². The van der Waals surface area contributed by atoms with Crippen LogP contribution in [0.25, 0.3) is 22.2 Å². The Morgan fingerprint density at radius 3 is 2.58 bits per heavy atom. The highest BCUT2D eigenvalue weighted by Crippen LogP contribution is 2.27. The number of amides is 1. The molecule has 7 nitrogen and oxygen atoms in total. The molecule has 0 radical (unpaired) electrons. The predicted molar refractivity (Wildman–Crippen MR) is 123 cm³/mol. The molecule has 160 valence electrons. The second kappa shape index (κ2) is 8.69. The fourth-order valence-corrected chi connectivity index (χ4v) is 3.95. The van der Waals surface area contributed by atoms with Gasteiger partial charge in [-0.25, -0.2) is 4.98 Å². The summed E-state index contributed by atoms with van der Waals surface area (Å²) in [4.78, 5) is 17.8. The first-order valence-electron chi connectivity index (χ1n) is 9.92. The molecule has 0 saturated carbocycles. The lowest BCUT2D eigenvalue weighted by Gasteiger charge is -2.10. The molecule has 0 bridgehead atoms. The van der Waals surface area contributed by atoms with Gasteiger partial charge in [0.15, 0.2) is 0 Å². The number of hydrogen-bond donors (Lipinski definition) is 1. The summed E-state index contributed by atoms with van der Waals surface area (Å²) < 4.78 is 3.40. The fourth-order valence-electron chi connectivity index (χ4n) is 3.56.